The lowest BCUT2D eigenvalue weighted by molar-refractivity contribution is 0.462. The molecule has 2 aliphatic heterocycles. The zero-order chi connectivity index (χ0) is 21.5. The van der Waals surface area contributed by atoms with Crippen LogP contribution < -0.4 is 16.0 Å². The van der Waals surface area contributed by atoms with Crippen LogP contribution in [0.4, 0.5) is 11.4 Å². The van der Waals surface area contributed by atoms with Crippen LogP contribution in [0.3, 0.4) is 0 Å². The van der Waals surface area contributed by atoms with Gasteiger partial charge in [-0.3, -0.25) is 0 Å². The van der Waals surface area contributed by atoms with Gasteiger partial charge in [0.15, 0.2) is 0 Å². The third kappa shape index (κ3) is 3.59. The summed E-state index contributed by atoms with van der Waals surface area (Å²) in [5.74, 6) is 1.32. The molecule has 5 heteroatoms. The quantitative estimate of drug-likeness (QED) is 0.356. The van der Waals surface area contributed by atoms with E-state index in [-0.39, 0.29) is 0 Å². The molecule has 0 amide bonds. The molecule has 0 atom stereocenters. The molecule has 32 heavy (non-hydrogen) atoms. The van der Waals surface area contributed by atoms with Crippen molar-refractivity contribution in [2.45, 2.75) is 37.5 Å². The van der Waals surface area contributed by atoms with Crippen molar-refractivity contribution in [2.24, 2.45) is 7.05 Å². The van der Waals surface area contributed by atoms with Gasteiger partial charge in [0.25, 0.3) is 0 Å². The third-order valence-corrected chi connectivity index (χ3v) is 7.58. The van der Waals surface area contributed by atoms with Gasteiger partial charge >= 0.3 is 0 Å². The van der Waals surface area contributed by atoms with E-state index in [1.807, 2.05) is 0 Å². The van der Waals surface area contributed by atoms with Gasteiger partial charge in [0.05, 0.1) is 0 Å². The van der Waals surface area contributed by atoms with E-state index in [0.717, 1.165) is 37.6 Å². The normalized spacial score (nSPS) is 18.5. The van der Waals surface area contributed by atoms with Gasteiger partial charge in [-0.1, -0.05) is 6.07 Å². The van der Waals surface area contributed by atoms with Crippen molar-refractivity contribution in [1.82, 2.24) is 20.2 Å². The second-order valence-electron chi connectivity index (χ2n) is 9.61. The van der Waals surface area contributed by atoms with Gasteiger partial charge in [0, 0.05) is 52.6 Å². The molecule has 2 aliphatic rings. The Bertz CT molecular complexity index is 1240. The Morgan fingerprint density at radius 1 is 0.781 bits per heavy atom. The van der Waals surface area contributed by atoms with Crippen LogP contribution in [0.2, 0.25) is 0 Å². The third-order valence-electron chi connectivity index (χ3n) is 7.58. The lowest BCUT2D eigenvalue weighted by Gasteiger charge is -2.22. The number of fused-ring (bicyclic) bond motifs is 2. The molecule has 2 aromatic heterocycles. The Morgan fingerprint density at radius 2 is 1.44 bits per heavy atom. The summed E-state index contributed by atoms with van der Waals surface area (Å²) in [6.45, 7) is 4.49. The van der Waals surface area contributed by atoms with E-state index in [0.29, 0.717) is 11.8 Å². The molecule has 0 bridgehead atoms. The summed E-state index contributed by atoms with van der Waals surface area (Å²) in [4.78, 5) is 3.53. The molecule has 2 saturated heterocycles. The maximum absolute atomic E-state index is 3.66. The zero-order valence-corrected chi connectivity index (χ0v) is 18.9. The monoisotopic (exact) mass is 427 g/mol. The molecular formula is C27H33N5. The molecule has 2 aromatic carbocycles. The highest BCUT2D eigenvalue weighted by Gasteiger charge is 2.20. The van der Waals surface area contributed by atoms with E-state index in [2.05, 4.69) is 81.3 Å². The molecule has 0 saturated carbocycles. The number of benzene rings is 2. The fourth-order valence-corrected chi connectivity index (χ4v) is 5.82. The number of H-pyrrole nitrogens is 1. The summed E-state index contributed by atoms with van der Waals surface area (Å²) in [6.07, 6.45) is 9.47. The number of hydrogen-bond acceptors (Lipinski definition) is 3. The van der Waals surface area contributed by atoms with Crippen LogP contribution in [0.1, 0.15) is 48.6 Å². The standard InChI is InChI=1S/C27H33N5/c1-32-17-25(19-8-12-29-13-9-19)23-14-20(3-5-27(23)32)31-21-2-4-22-24(16-30-26(22)15-21)18-6-10-28-11-7-18/h2-5,14-19,28-31H,6-13H2,1H3. The second kappa shape index (κ2) is 8.30. The Balaban J connectivity index is 1.29. The van der Waals surface area contributed by atoms with Crippen molar-refractivity contribution in [3.8, 4) is 0 Å². The number of piperidine rings is 2. The summed E-state index contributed by atoms with van der Waals surface area (Å²) < 4.78 is 2.28. The average Bonchev–Trinajstić information content (AvgIpc) is 3.41. The number of nitrogens with zero attached hydrogens (tertiary/aromatic N) is 1. The highest BCUT2D eigenvalue weighted by molar-refractivity contribution is 5.90. The number of aromatic amines is 1. The lowest BCUT2D eigenvalue weighted by atomic mass is 9.90. The lowest BCUT2D eigenvalue weighted by Crippen LogP contribution is -2.26. The fourth-order valence-electron chi connectivity index (χ4n) is 5.82. The van der Waals surface area contributed by atoms with E-state index in [9.17, 15) is 0 Å². The Morgan fingerprint density at radius 3 is 2.19 bits per heavy atom. The van der Waals surface area contributed by atoms with E-state index >= 15 is 0 Å². The van der Waals surface area contributed by atoms with Gasteiger partial charge in [-0.25, -0.2) is 0 Å². The molecule has 166 valence electrons. The molecule has 5 nitrogen and oxygen atoms in total. The first-order chi connectivity index (χ1) is 15.8. The molecule has 4 N–H and O–H groups in total. The van der Waals surface area contributed by atoms with E-state index in [4.69, 9.17) is 0 Å². The van der Waals surface area contributed by atoms with Gasteiger partial charge in [-0.2, -0.15) is 0 Å². The van der Waals surface area contributed by atoms with Gasteiger partial charge in [0.2, 0.25) is 0 Å². The van der Waals surface area contributed by atoms with Gasteiger partial charge in [0.1, 0.15) is 0 Å². The average molecular weight is 428 g/mol. The van der Waals surface area contributed by atoms with Crippen molar-refractivity contribution >= 4 is 33.2 Å². The molecule has 4 heterocycles. The first-order valence-corrected chi connectivity index (χ1v) is 12.1. The molecule has 6 rings (SSSR count). The van der Waals surface area contributed by atoms with Crippen LogP contribution in [0, 0.1) is 0 Å². The topological polar surface area (TPSA) is 56.8 Å². The second-order valence-corrected chi connectivity index (χ2v) is 9.61. The maximum atomic E-state index is 3.66. The SMILES string of the molecule is Cn1cc(C2CCNCC2)c2cc(Nc3ccc4c(C5CCNCC5)c[nH]c4c3)ccc21. The molecule has 0 unspecified atom stereocenters. The Labute approximate surface area is 189 Å². The number of rotatable bonds is 4. The summed E-state index contributed by atoms with van der Waals surface area (Å²) in [7, 11) is 2.17. The summed E-state index contributed by atoms with van der Waals surface area (Å²) in [6, 6.07) is 13.6. The highest BCUT2D eigenvalue weighted by atomic mass is 14.9. The maximum Gasteiger partial charge on any atom is 0.0482 e. The minimum Gasteiger partial charge on any atom is -0.361 e. The van der Waals surface area contributed by atoms with Gasteiger partial charge in [-0.15, -0.1) is 0 Å². The number of hydrogen-bond donors (Lipinski definition) is 4. The van der Waals surface area contributed by atoms with Crippen LogP contribution in [0.5, 0.6) is 0 Å². The van der Waals surface area contributed by atoms with Crippen molar-refractivity contribution in [3.05, 3.63) is 59.9 Å². The number of aryl methyl sites for hydroxylation is 1. The van der Waals surface area contributed by atoms with Gasteiger partial charge < -0.3 is 25.5 Å². The van der Waals surface area contributed by atoms with Crippen molar-refractivity contribution < 1.29 is 0 Å². The van der Waals surface area contributed by atoms with Crippen LogP contribution >= 0.6 is 0 Å². The zero-order valence-electron chi connectivity index (χ0n) is 18.9. The molecule has 4 aromatic rings. The van der Waals surface area contributed by atoms with Crippen molar-refractivity contribution in [3.63, 3.8) is 0 Å². The fraction of sp³-hybridized carbons (Fsp3) is 0.407. The van der Waals surface area contributed by atoms with Crippen LogP contribution in [0.25, 0.3) is 21.8 Å². The number of anilines is 2. The van der Waals surface area contributed by atoms with E-state index < -0.39 is 0 Å². The summed E-state index contributed by atoms with van der Waals surface area (Å²) in [5.41, 5.74) is 7.80. The molecule has 0 aliphatic carbocycles. The van der Waals surface area contributed by atoms with Crippen LogP contribution in [-0.2, 0) is 7.05 Å². The van der Waals surface area contributed by atoms with E-state index in [1.54, 1.807) is 0 Å². The van der Waals surface area contributed by atoms with E-state index in [1.165, 1.54) is 58.6 Å². The Hall–Kier alpha value is -2.76. The summed E-state index contributed by atoms with van der Waals surface area (Å²) >= 11 is 0. The molecule has 0 spiro atoms. The largest absolute Gasteiger partial charge is 0.361 e. The Kier molecular flexibility index (Phi) is 5.16. The molecule has 2 fully saturated rings. The minimum atomic E-state index is 0.652. The predicted molar refractivity (Wildman–Crippen MR) is 134 cm³/mol. The first-order valence-electron chi connectivity index (χ1n) is 12.1. The predicted octanol–water partition coefficient (Wildman–Crippen LogP) is 5.34. The molecule has 0 radical (unpaired) electrons. The first kappa shape index (κ1) is 19.9. The molecular weight excluding hydrogens is 394 g/mol. The van der Waals surface area contributed by atoms with Crippen LogP contribution in [0.15, 0.2) is 48.8 Å². The highest BCUT2D eigenvalue weighted by Crippen LogP contribution is 2.36. The van der Waals surface area contributed by atoms with Crippen molar-refractivity contribution in [2.75, 3.05) is 31.5 Å². The summed E-state index contributed by atoms with van der Waals surface area (Å²) in [5, 5.41) is 13.4. The minimum absolute atomic E-state index is 0.652. The van der Waals surface area contributed by atoms with Crippen molar-refractivity contribution in [1.29, 1.82) is 0 Å². The smallest absolute Gasteiger partial charge is 0.0482 e. The number of aromatic nitrogens is 2. The van der Waals surface area contributed by atoms with Crippen LogP contribution in [-0.4, -0.2) is 35.7 Å². The van der Waals surface area contributed by atoms with Gasteiger partial charge in [-0.05, 0) is 105 Å². The number of nitrogens with one attached hydrogen (secondary N) is 4.